The van der Waals surface area contributed by atoms with Crippen LogP contribution in [0, 0.1) is 0 Å². The zero-order chi connectivity index (χ0) is 13.8. The van der Waals surface area contributed by atoms with Crippen LogP contribution in [0.3, 0.4) is 0 Å². The first-order valence-electron chi connectivity index (χ1n) is 7.40. The highest BCUT2D eigenvalue weighted by Gasteiger charge is 2.24. The van der Waals surface area contributed by atoms with Gasteiger partial charge in [-0.2, -0.15) is 0 Å². The SMILES string of the molecule is CCC1CCCN1c1ccc(Br)cc1CNC(C)C. The lowest BCUT2D eigenvalue weighted by Crippen LogP contribution is -2.30. The van der Waals surface area contributed by atoms with E-state index in [9.17, 15) is 0 Å². The van der Waals surface area contributed by atoms with Crippen molar-refractivity contribution >= 4 is 21.6 Å². The van der Waals surface area contributed by atoms with Crippen LogP contribution in [0.15, 0.2) is 22.7 Å². The average molecular weight is 325 g/mol. The summed E-state index contributed by atoms with van der Waals surface area (Å²) in [6.07, 6.45) is 3.91. The van der Waals surface area contributed by atoms with Crippen LogP contribution in [-0.2, 0) is 6.54 Å². The second-order valence-electron chi connectivity index (χ2n) is 5.71. The third-order valence-corrected chi connectivity index (χ3v) is 4.39. The molecule has 0 spiro atoms. The van der Waals surface area contributed by atoms with Gasteiger partial charge in [-0.05, 0) is 43.0 Å². The molecule has 2 rings (SSSR count). The molecule has 1 unspecified atom stereocenters. The lowest BCUT2D eigenvalue weighted by molar-refractivity contribution is 0.585. The molecule has 0 aliphatic carbocycles. The molecular formula is C16H25BrN2. The van der Waals surface area contributed by atoms with E-state index in [1.807, 2.05) is 0 Å². The smallest absolute Gasteiger partial charge is 0.0415 e. The Morgan fingerprint density at radius 3 is 2.89 bits per heavy atom. The number of halogens is 1. The fourth-order valence-corrected chi connectivity index (χ4v) is 3.28. The second-order valence-corrected chi connectivity index (χ2v) is 6.62. The van der Waals surface area contributed by atoms with Crippen molar-refractivity contribution in [3.63, 3.8) is 0 Å². The molecule has 3 heteroatoms. The highest BCUT2D eigenvalue weighted by atomic mass is 79.9. The minimum Gasteiger partial charge on any atom is -0.368 e. The van der Waals surface area contributed by atoms with Crippen molar-refractivity contribution in [1.29, 1.82) is 0 Å². The van der Waals surface area contributed by atoms with Crippen molar-refractivity contribution < 1.29 is 0 Å². The minimum atomic E-state index is 0.521. The average Bonchev–Trinajstić information content (AvgIpc) is 2.84. The maximum absolute atomic E-state index is 3.60. The van der Waals surface area contributed by atoms with E-state index >= 15 is 0 Å². The lowest BCUT2D eigenvalue weighted by atomic mass is 10.1. The number of nitrogens with zero attached hydrogens (tertiary/aromatic N) is 1. The van der Waals surface area contributed by atoms with Crippen LogP contribution in [0.4, 0.5) is 5.69 Å². The molecule has 106 valence electrons. The summed E-state index contributed by atoms with van der Waals surface area (Å²) in [5, 5.41) is 3.54. The Balaban J connectivity index is 2.23. The first-order valence-corrected chi connectivity index (χ1v) is 8.19. The Kier molecular flexibility index (Phi) is 5.28. The maximum Gasteiger partial charge on any atom is 0.0415 e. The second kappa shape index (κ2) is 6.76. The van der Waals surface area contributed by atoms with Crippen LogP contribution in [0.1, 0.15) is 45.6 Å². The van der Waals surface area contributed by atoms with E-state index in [1.54, 1.807) is 0 Å². The third-order valence-electron chi connectivity index (χ3n) is 3.90. The van der Waals surface area contributed by atoms with E-state index in [0.29, 0.717) is 6.04 Å². The quantitative estimate of drug-likeness (QED) is 0.867. The normalized spacial score (nSPS) is 19.4. The van der Waals surface area contributed by atoms with Crippen molar-refractivity contribution in [1.82, 2.24) is 5.32 Å². The van der Waals surface area contributed by atoms with Crippen LogP contribution < -0.4 is 10.2 Å². The monoisotopic (exact) mass is 324 g/mol. The zero-order valence-electron chi connectivity index (χ0n) is 12.2. The molecule has 1 fully saturated rings. The number of nitrogens with one attached hydrogen (secondary N) is 1. The molecule has 1 aromatic carbocycles. The highest BCUT2D eigenvalue weighted by molar-refractivity contribution is 9.10. The standard InChI is InChI=1S/C16H25BrN2/c1-4-15-6-5-9-19(15)16-8-7-14(17)10-13(16)11-18-12(2)3/h7-8,10,12,15,18H,4-6,9,11H2,1-3H3. The van der Waals surface area contributed by atoms with Crippen LogP contribution >= 0.6 is 15.9 Å². The summed E-state index contributed by atoms with van der Waals surface area (Å²) < 4.78 is 1.17. The molecule has 19 heavy (non-hydrogen) atoms. The van der Waals surface area contributed by atoms with Gasteiger partial charge in [0, 0.05) is 35.3 Å². The molecule has 1 heterocycles. The van der Waals surface area contributed by atoms with Crippen molar-refractivity contribution in [3.05, 3.63) is 28.2 Å². The van der Waals surface area contributed by atoms with Gasteiger partial charge < -0.3 is 10.2 Å². The minimum absolute atomic E-state index is 0.521. The van der Waals surface area contributed by atoms with Gasteiger partial charge in [0.25, 0.3) is 0 Å². The van der Waals surface area contributed by atoms with Crippen molar-refractivity contribution in [2.75, 3.05) is 11.4 Å². The van der Waals surface area contributed by atoms with Crippen LogP contribution in [-0.4, -0.2) is 18.6 Å². The summed E-state index contributed by atoms with van der Waals surface area (Å²) in [4.78, 5) is 2.60. The summed E-state index contributed by atoms with van der Waals surface area (Å²) in [5.74, 6) is 0. The predicted octanol–water partition coefficient (Wildman–Crippen LogP) is 4.33. The number of hydrogen-bond donors (Lipinski definition) is 1. The van der Waals surface area contributed by atoms with Gasteiger partial charge >= 0.3 is 0 Å². The number of anilines is 1. The summed E-state index contributed by atoms with van der Waals surface area (Å²) in [5.41, 5.74) is 2.82. The van der Waals surface area contributed by atoms with E-state index in [1.165, 1.54) is 41.5 Å². The molecule has 0 bridgehead atoms. The molecule has 1 saturated heterocycles. The van der Waals surface area contributed by atoms with Gasteiger partial charge in [-0.15, -0.1) is 0 Å². The predicted molar refractivity (Wildman–Crippen MR) is 86.8 cm³/mol. The van der Waals surface area contributed by atoms with Gasteiger partial charge in [-0.1, -0.05) is 36.7 Å². The Labute approximate surface area is 125 Å². The van der Waals surface area contributed by atoms with Crippen molar-refractivity contribution in [2.24, 2.45) is 0 Å². The first-order chi connectivity index (χ1) is 9.11. The van der Waals surface area contributed by atoms with E-state index in [0.717, 1.165) is 12.6 Å². The largest absolute Gasteiger partial charge is 0.368 e. The lowest BCUT2D eigenvalue weighted by Gasteiger charge is -2.28. The Morgan fingerprint density at radius 1 is 1.42 bits per heavy atom. The van der Waals surface area contributed by atoms with Crippen LogP contribution in [0.2, 0.25) is 0 Å². The van der Waals surface area contributed by atoms with Crippen molar-refractivity contribution in [2.45, 2.75) is 58.7 Å². The molecular weight excluding hydrogens is 300 g/mol. The molecule has 1 N–H and O–H groups in total. The Bertz CT molecular complexity index is 417. The van der Waals surface area contributed by atoms with E-state index in [4.69, 9.17) is 0 Å². The molecule has 0 amide bonds. The fourth-order valence-electron chi connectivity index (χ4n) is 2.87. The molecule has 1 atom stereocenters. The van der Waals surface area contributed by atoms with Gasteiger partial charge in [0.2, 0.25) is 0 Å². The highest BCUT2D eigenvalue weighted by Crippen LogP contribution is 2.31. The molecule has 0 aromatic heterocycles. The number of rotatable bonds is 5. The summed E-state index contributed by atoms with van der Waals surface area (Å²) in [7, 11) is 0. The third kappa shape index (κ3) is 3.73. The molecule has 1 aromatic rings. The van der Waals surface area contributed by atoms with Gasteiger partial charge in [0.05, 0.1) is 0 Å². The van der Waals surface area contributed by atoms with Gasteiger partial charge in [0.15, 0.2) is 0 Å². The molecule has 2 nitrogen and oxygen atoms in total. The van der Waals surface area contributed by atoms with E-state index < -0.39 is 0 Å². The fraction of sp³-hybridized carbons (Fsp3) is 0.625. The molecule has 1 aliphatic heterocycles. The summed E-state index contributed by atoms with van der Waals surface area (Å²) >= 11 is 3.60. The summed E-state index contributed by atoms with van der Waals surface area (Å²) in [6, 6.07) is 7.94. The topological polar surface area (TPSA) is 15.3 Å². The number of benzene rings is 1. The van der Waals surface area contributed by atoms with Gasteiger partial charge in [0.1, 0.15) is 0 Å². The van der Waals surface area contributed by atoms with Crippen LogP contribution in [0.25, 0.3) is 0 Å². The maximum atomic E-state index is 3.60. The van der Waals surface area contributed by atoms with Crippen LogP contribution in [0.5, 0.6) is 0 Å². The van der Waals surface area contributed by atoms with E-state index in [2.05, 4.69) is 65.1 Å². The molecule has 1 aliphatic rings. The Morgan fingerprint density at radius 2 is 2.21 bits per heavy atom. The number of hydrogen-bond acceptors (Lipinski definition) is 2. The van der Waals surface area contributed by atoms with Gasteiger partial charge in [-0.25, -0.2) is 0 Å². The molecule has 0 saturated carbocycles. The first kappa shape index (κ1) is 14.9. The zero-order valence-corrected chi connectivity index (χ0v) is 13.8. The van der Waals surface area contributed by atoms with E-state index in [-0.39, 0.29) is 0 Å². The summed E-state index contributed by atoms with van der Waals surface area (Å²) in [6.45, 7) is 8.84. The molecule has 0 radical (unpaired) electrons. The van der Waals surface area contributed by atoms with Gasteiger partial charge in [-0.3, -0.25) is 0 Å². The van der Waals surface area contributed by atoms with Crippen molar-refractivity contribution in [3.8, 4) is 0 Å². The Hall–Kier alpha value is -0.540.